The Hall–Kier alpha value is -0.0100. The molecule has 0 amide bonds. The maximum atomic E-state index is 8.85. The Balaban J connectivity index is 3.72. The summed E-state index contributed by atoms with van der Waals surface area (Å²) in [6, 6.07) is 0. The van der Waals surface area contributed by atoms with Crippen molar-refractivity contribution >= 4 is 11.6 Å². The van der Waals surface area contributed by atoms with Crippen molar-refractivity contribution in [2.24, 2.45) is 5.92 Å². The summed E-state index contributed by atoms with van der Waals surface area (Å²) >= 11 is 5.97. The van der Waals surface area contributed by atoms with Gasteiger partial charge in [-0.1, -0.05) is 13.0 Å². The first-order chi connectivity index (χ1) is 5.02. The highest BCUT2D eigenvalue weighted by Crippen LogP contribution is 2.24. The highest BCUT2D eigenvalue weighted by Gasteiger charge is 2.21. The van der Waals surface area contributed by atoms with Crippen molar-refractivity contribution in [3.63, 3.8) is 0 Å². The van der Waals surface area contributed by atoms with Crippen LogP contribution >= 0.6 is 11.6 Å². The molecule has 0 spiro atoms. The molecule has 66 valence electrons. The summed E-state index contributed by atoms with van der Waals surface area (Å²) in [5.41, 5.74) is 0. The van der Waals surface area contributed by atoms with Crippen molar-refractivity contribution in [2.75, 3.05) is 6.61 Å². The average Bonchev–Trinajstić information content (AvgIpc) is 1.87. The summed E-state index contributed by atoms with van der Waals surface area (Å²) in [5, 5.41) is 8.85. The van der Waals surface area contributed by atoms with Gasteiger partial charge in [-0.2, -0.15) is 0 Å². The van der Waals surface area contributed by atoms with Crippen molar-refractivity contribution in [1.82, 2.24) is 0 Å². The molecule has 0 saturated heterocycles. The smallest absolute Gasteiger partial charge is 0.0651 e. The lowest BCUT2D eigenvalue weighted by molar-refractivity contribution is 0.232. The van der Waals surface area contributed by atoms with Gasteiger partial charge >= 0.3 is 0 Å². The fourth-order valence-corrected chi connectivity index (χ4v) is 1.42. The molecule has 0 aliphatic rings. The molecule has 0 bridgehead atoms. The molecule has 0 aromatic heterocycles. The van der Waals surface area contributed by atoms with E-state index in [1.165, 1.54) is 0 Å². The minimum atomic E-state index is -0.456. The largest absolute Gasteiger partial charge is 0.395 e. The van der Waals surface area contributed by atoms with Crippen LogP contribution in [0.4, 0.5) is 0 Å². The van der Waals surface area contributed by atoms with E-state index >= 15 is 0 Å². The average molecular weight is 177 g/mol. The highest BCUT2D eigenvalue weighted by molar-refractivity contribution is 6.23. The van der Waals surface area contributed by atoms with E-state index in [0.717, 1.165) is 12.8 Å². The van der Waals surface area contributed by atoms with Crippen LogP contribution in [0.25, 0.3) is 0 Å². The zero-order valence-corrected chi connectivity index (χ0v) is 8.06. The molecular formula is C9H17ClO. The van der Waals surface area contributed by atoms with Crippen molar-refractivity contribution in [3.05, 3.63) is 12.7 Å². The van der Waals surface area contributed by atoms with Crippen molar-refractivity contribution in [3.8, 4) is 0 Å². The van der Waals surface area contributed by atoms with Gasteiger partial charge < -0.3 is 5.11 Å². The molecule has 2 atom stereocenters. The van der Waals surface area contributed by atoms with Crippen LogP contribution in [-0.2, 0) is 0 Å². The topological polar surface area (TPSA) is 20.2 Å². The fraction of sp³-hybridized carbons (Fsp3) is 0.778. The first-order valence-corrected chi connectivity index (χ1v) is 4.30. The van der Waals surface area contributed by atoms with Crippen LogP contribution in [-0.4, -0.2) is 16.6 Å². The van der Waals surface area contributed by atoms with E-state index in [1.807, 2.05) is 13.0 Å². The van der Waals surface area contributed by atoms with Gasteiger partial charge in [-0.15, -0.1) is 18.2 Å². The van der Waals surface area contributed by atoms with Gasteiger partial charge in [-0.05, 0) is 25.7 Å². The van der Waals surface area contributed by atoms with Crippen LogP contribution in [0.5, 0.6) is 0 Å². The summed E-state index contributed by atoms with van der Waals surface area (Å²) in [7, 11) is 0. The molecule has 0 fully saturated rings. The van der Waals surface area contributed by atoms with Gasteiger partial charge in [-0.3, -0.25) is 0 Å². The predicted octanol–water partition coefficient (Wildman–Crippen LogP) is 2.58. The Morgan fingerprint density at radius 1 is 1.73 bits per heavy atom. The van der Waals surface area contributed by atoms with E-state index in [4.69, 9.17) is 16.7 Å². The Morgan fingerprint density at radius 3 is 2.64 bits per heavy atom. The second-order valence-electron chi connectivity index (χ2n) is 3.41. The van der Waals surface area contributed by atoms with Gasteiger partial charge in [0.2, 0.25) is 0 Å². The van der Waals surface area contributed by atoms with Crippen LogP contribution in [0.1, 0.15) is 26.7 Å². The SMILES string of the molecule is C=CCC(C)CC(C)(Cl)CO. The monoisotopic (exact) mass is 176 g/mol. The molecule has 0 aliphatic carbocycles. The highest BCUT2D eigenvalue weighted by atomic mass is 35.5. The van der Waals surface area contributed by atoms with Crippen LogP contribution in [0.3, 0.4) is 0 Å². The molecule has 0 aliphatic heterocycles. The minimum absolute atomic E-state index is 0.0377. The fourth-order valence-electron chi connectivity index (χ4n) is 1.16. The predicted molar refractivity (Wildman–Crippen MR) is 49.9 cm³/mol. The van der Waals surface area contributed by atoms with E-state index in [-0.39, 0.29) is 6.61 Å². The van der Waals surface area contributed by atoms with Gasteiger partial charge in [0.15, 0.2) is 0 Å². The third kappa shape index (κ3) is 5.28. The normalized spacial score (nSPS) is 18.9. The molecule has 11 heavy (non-hydrogen) atoms. The van der Waals surface area contributed by atoms with E-state index < -0.39 is 4.87 Å². The molecule has 1 nitrogen and oxygen atoms in total. The van der Waals surface area contributed by atoms with E-state index in [0.29, 0.717) is 5.92 Å². The zero-order valence-electron chi connectivity index (χ0n) is 7.31. The molecule has 2 unspecified atom stereocenters. The molecule has 0 radical (unpaired) electrons. The van der Waals surface area contributed by atoms with E-state index in [2.05, 4.69) is 13.5 Å². The first-order valence-electron chi connectivity index (χ1n) is 3.92. The maximum absolute atomic E-state index is 8.85. The van der Waals surface area contributed by atoms with Gasteiger partial charge in [0.25, 0.3) is 0 Å². The second kappa shape index (κ2) is 4.78. The summed E-state index contributed by atoms with van der Waals surface area (Å²) in [5.74, 6) is 0.502. The molecule has 0 heterocycles. The number of rotatable bonds is 5. The molecule has 2 heteroatoms. The Kier molecular flexibility index (Phi) is 4.78. The van der Waals surface area contributed by atoms with Gasteiger partial charge in [-0.25, -0.2) is 0 Å². The number of halogens is 1. The van der Waals surface area contributed by atoms with Gasteiger partial charge in [0.05, 0.1) is 11.5 Å². The van der Waals surface area contributed by atoms with Crippen LogP contribution in [0, 0.1) is 5.92 Å². The molecule has 0 aromatic carbocycles. The Morgan fingerprint density at radius 2 is 2.27 bits per heavy atom. The molecule has 0 aromatic rings. The summed E-state index contributed by atoms with van der Waals surface area (Å²) in [6.45, 7) is 7.65. The van der Waals surface area contributed by atoms with Crippen molar-refractivity contribution in [1.29, 1.82) is 0 Å². The number of alkyl halides is 1. The third-order valence-electron chi connectivity index (χ3n) is 1.67. The van der Waals surface area contributed by atoms with Crippen LogP contribution in [0.15, 0.2) is 12.7 Å². The number of hydrogen-bond donors (Lipinski definition) is 1. The quantitative estimate of drug-likeness (QED) is 0.505. The van der Waals surface area contributed by atoms with Crippen LogP contribution in [0.2, 0.25) is 0 Å². The standard InChI is InChI=1S/C9H17ClO/c1-4-5-8(2)6-9(3,10)7-11/h4,8,11H,1,5-7H2,2-3H3. The molecule has 0 saturated carbocycles. The van der Waals surface area contributed by atoms with Crippen molar-refractivity contribution < 1.29 is 5.11 Å². The number of allylic oxidation sites excluding steroid dienone is 1. The van der Waals surface area contributed by atoms with Gasteiger partial charge in [0, 0.05) is 0 Å². The van der Waals surface area contributed by atoms with Crippen molar-refractivity contribution in [2.45, 2.75) is 31.6 Å². The summed E-state index contributed by atoms with van der Waals surface area (Å²) in [4.78, 5) is -0.456. The minimum Gasteiger partial charge on any atom is -0.395 e. The van der Waals surface area contributed by atoms with Gasteiger partial charge in [0.1, 0.15) is 0 Å². The second-order valence-corrected chi connectivity index (χ2v) is 4.32. The molecule has 1 N–H and O–H groups in total. The van der Waals surface area contributed by atoms with E-state index in [1.54, 1.807) is 0 Å². The Labute approximate surface area is 74.1 Å². The first kappa shape index (κ1) is 11.0. The number of hydrogen-bond acceptors (Lipinski definition) is 1. The lowest BCUT2D eigenvalue weighted by atomic mass is 9.95. The summed E-state index contributed by atoms with van der Waals surface area (Å²) < 4.78 is 0. The zero-order chi connectivity index (χ0) is 8.91. The molecular weight excluding hydrogens is 160 g/mol. The third-order valence-corrected chi connectivity index (χ3v) is 1.95. The maximum Gasteiger partial charge on any atom is 0.0651 e. The number of aliphatic hydroxyl groups excluding tert-OH is 1. The summed E-state index contributed by atoms with van der Waals surface area (Å²) in [6.07, 6.45) is 3.67. The lowest BCUT2D eigenvalue weighted by Crippen LogP contribution is -2.24. The number of aliphatic hydroxyl groups is 1. The molecule has 0 rings (SSSR count). The Bertz CT molecular complexity index is 121. The van der Waals surface area contributed by atoms with Crippen LogP contribution < -0.4 is 0 Å². The lowest BCUT2D eigenvalue weighted by Gasteiger charge is -2.22. The van der Waals surface area contributed by atoms with E-state index in [9.17, 15) is 0 Å².